The maximum atomic E-state index is 12.8. The molecule has 29 heavy (non-hydrogen) atoms. The lowest BCUT2D eigenvalue weighted by Gasteiger charge is -2.21. The van der Waals surface area contributed by atoms with Gasteiger partial charge in [-0.05, 0) is 38.8 Å². The molecule has 2 N–H and O–H groups in total. The van der Waals surface area contributed by atoms with Crippen LogP contribution in [-0.2, 0) is 16.8 Å². The van der Waals surface area contributed by atoms with E-state index in [0.29, 0.717) is 40.9 Å². The molecule has 9 heteroatoms. The summed E-state index contributed by atoms with van der Waals surface area (Å²) < 4.78 is 41.9. The number of halogens is 2. The van der Waals surface area contributed by atoms with E-state index in [9.17, 15) is 13.6 Å². The molecule has 3 aromatic rings. The lowest BCUT2D eigenvalue weighted by Crippen LogP contribution is -2.20. The molecule has 0 unspecified atom stereocenters. The number of hydrogen-bond donors (Lipinski definition) is 1. The van der Waals surface area contributed by atoms with Crippen LogP contribution in [0.15, 0.2) is 22.7 Å². The zero-order valence-corrected chi connectivity index (χ0v) is 16.8. The second-order valence-corrected chi connectivity index (χ2v) is 8.51. The number of thiazole rings is 1. The second-order valence-electron chi connectivity index (χ2n) is 7.20. The van der Waals surface area contributed by atoms with Crippen LogP contribution < -0.4 is 10.5 Å². The van der Waals surface area contributed by atoms with Gasteiger partial charge < -0.3 is 19.6 Å². The van der Waals surface area contributed by atoms with Crippen LogP contribution in [0.25, 0.3) is 11.0 Å². The summed E-state index contributed by atoms with van der Waals surface area (Å²) in [6.07, 6.45) is 3.01. The van der Waals surface area contributed by atoms with E-state index >= 15 is 0 Å². The first-order valence-corrected chi connectivity index (χ1v) is 9.92. The minimum Gasteiger partial charge on any atom is -0.488 e. The Labute approximate surface area is 169 Å². The highest BCUT2D eigenvalue weighted by Gasteiger charge is 2.49. The number of hydrogen-bond acceptors (Lipinski definition) is 6. The van der Waals surface area contributed by atoms with E-state index in [0.717, 1.165) is 9.88 Å². The third-order valence-electron chi connectivity index (χ3n) is 5.15. The third-order valence-corrected chi connectivity index (χ3v) is 6.04. The number of aromatic nitrogens is 1. The Bertz CT molecular complexity index is 1070. The maximum Gasteiger partial charge on any atom is 0.345 e. The zero-order chi connectivity index (χ0) is 20.8. The highest BCUT2D eigenvalue weighted by Crippen LogP contribution is 2.55. The first-order valence-electron chi connectivity index (χ1n) is 9.11. The predicted octanol–water partition coefficient (Wildman–Crippen LogP) is 4.45. The van der Waals surface area contributed by atoms with E-state index in [1.54, 1.807) is 25.3 Å². The minimum absolute atomic E-state index is 0.178. The summed E-state index contributed by atoms with van der Waals surface area (Å²) in [5.41, 5.74) is 6.29. The highest BCUT2D eigenvalue weighted by atomic mass is 32.1. The summed E-state index contributed by atoms with van der Waals surface area (Å²) in [6.45, 7) is 0.776. The molecule has 4 rings (SSSR count). The fourth-order valence-electron chi connectivity index (χ4n) is 3.69. The van der Waals surface area contributed by atoms with Crippen molar-refractivity contribution in [2.24, 2.45) is 5.73 Å². The van der Waals surface area contributed by atoms with Gasteiger partial charge >= 0.3 is 6.61 Å². The van der Waals surface area contributed by atoms with Crippen LogP contribution in [-0.4, -0.2) is 24.1 Å². The number of nitrogens with two attached hydrogens (primary N) is 1. The number of benzene rings is 1. The second kappa shape index (κ2) is 7.38. The molecule has 1 aliphatic carbocycles. The lowest BCUT2D eigenvalue weighted by molar-refractivity contribution is -0.134. The number of primary amides is 1. The number of alkyl halides is 2. The fraction of sp³-hybridized carbons (Fsp3) is 0.400. The Morgan fingerprint density at radius 3 is 2.72 bits per heavy atom. The van der Waals surface area contributed by atoms with Gasteiger partial charge in [0.2, 0.25) is 0 Å². The Kier molecular flexibility index (Phi) is 5.04. The molecule has 1 saturated carbocycles. The Hall–Kier alpha value is -2.52. The fourth-order valence-corrected chi connectivity index (χ4v) is 4.40. The van der Waals surface area contributed by atoms with E-state index in [2.05, 4.69) is 9.72 Å². The van der Waals surface area contributed by atoms with Crippen LogP contribution >= 0.6 is 11.3 Å². The van der Waals surface area contributed by atoms with E-state index in [-0.39, 0.29) is 18.8 Å². The van der Waals surface area contributed by atoms with Gasteiger partial charge in [0.15, 0.2) is 0 Å². The lowest BCUT2D eigenvalue weighted by atomic mass is 9.90. The summed E-state index contributed by atoms with van der Waals surface area (Å²) in [5.74, 6) is 0.250. The molecule has 2 aromatic heterocycles. The maximum absolute atomic E-state index is 12.8. The highest BCUT2D eigenvalue weighted by molar-refractivity contribution is 7.11. The molecule has 2 heterocycles. The molecule has 1 aromatic carbocycles. The molecule has 0 radical (unpaired) electrons. The van der Waals surface area contributed by atoms with Gasteiger partial charge in [0.1, 0.15) is 23.7 Å². The molecule has 0 bridgehead atoms. The Morgan fingerprint density at radius 1 is 1.38 bits per heavy atom. The molecule has 0 spiro atoms. The van der Waals surface area contributed by atoms with Crippen molar-refractivity contribution >= 4 is 28.2 Å². The van der Waals surface area contributed by atoms with Gasteiger partial charge in [-0.3, -0.25) is 4.79 Å². The zero-order valence-electron chi connectivity index (χ0n) is 16.0. The van der Waals surface area contributed by atoms with Crippen molar-refractivity contribution in [1.29, 1.82) is 0 Å². The van der Waals surface area contributed by atoms with Crippen molar-refractivity contribution in [3.63, 3.8) is 0 Å². The van der Waals surface area contributed by atoms with Crippen molar-refractivity contribution in [3.05, 3.63) is 45.1 Å². The molecule has 0 saturated heterocycles. The molecule has 1 aliphatic rings. The predicted molar refractivity (Wildman–Crippen MR) is 104 cm³/mol. The first-order chi connectivity index (χ1) is 13.8. The molecule has 0 aliphatic heterocycles. The SMILES string of the molecule is Cc1ncc(COc2ccc3oc(C)c(C(N)=O)c3c2C2(COC(F)F)CC2)s1. The summed E-state index contributed by atoms with van der Waals surface area (Å²) >= 11 is 1.51. The van der Waals surface area contributed by atoms with Crippen LogP contribution in [0.1, 0.15) is 44.4 Å². The third kappa shape index (κ3) is 3.72. The average Bonchev–Trinajstić information content (AvgIpc) is 3.20. The number of carbonyl (C=O) groups is 1. The summed E-state index contributed by atoms with van der Waals surface area (Å²) in [7, 11) is 0. The molecule has 1 fully saturated rings. The largest absolute Gasteiger partial charge is 0.488 e. The van der Waals surface area contributed by atoms with Gasteiger partial charge in [-0.25, -0.2) is 4.98 Å². The van der Waals surface area contributed by atoms with Crippen LogP contribution in [0, 0.1) is 13.8 Å². The molecule has 1 amide bonds. The number of nitrogens with zero attached hydrogens (tertiary/aromatic N) is 1. The molecule has 154 valence electrons. The van der Waals surface area contributed by atoms with E-state index in [1.165, 1.54) is 11.3 Å². The van der Waals surface area contributed by atoms with Gasteiger partial charge in [0, 0.05) is 22.6 Å². The number of rotatable bonds is 8. The smallest absolute Gasteiger partial charge is 0.345 e. The molecule has 0 atom stereocenters. The van der Waals surface area contributed by atoms with Gasteiger partial charge in [0.05, 0.1) is 22.1 Å². The quantitative estimate of drug-likeness (QED) is 0.579. The summed E-state index contributed by atoms with van der Waals surface area (Å²) in [5, 5.41) is 1.44. The minimum atomic E-state index is -2.88. The first kappa shape index (κ1) is 19.8. The van der Waals surface area contributed by atoms with Crippen molar-refractivity contribution in [2.75, 3.05) is 6.61 Å². The average molecular weight is 422 g/mol. The van der Waals surface area contributed by atoms with Gasteiger partial charge in [-0.2, -0.15) is 8.78 Å². The van der Waals surface area contributed by atoms with Crippen LogP contribution in [0.4, 0.5) is 8.78 Å². The van der Waals surface area contributed by atoms with Gasteiger partial charge in [-0.15, -0.1) is 11.3 Å². The number of amides is 1. The van der Waals surface area contributed by atoms with Gasteiger partial charge in [-0.1, -0.05) is 0 Å². The summed E-state index contributed by atoms with van der Waals surface area (Å²) in [4.78, 5) is 17.3. The standard InChI is InChI=1S/C20H20F2N2O4S/c1-10-15(18(23)25)16-13(28-10)3-4-14(26-8-12-7-24-11(2)29-12)17(16)20(5-6-20)9-27-19(21)22/h3-4,7,19H,5-6,8-9H2,1-2H3,(H2,23,25). The van der Waals surface area contributed by atoms with Crippen molar-refractivity contribution in [1.82, 2.24) is 4.98 Å². The Morgan fingerprint density at radius 2 is 2.14 bits per heavy atom. The summed E-state index contributed by atoms with van der Waals surface area (Å²) in [6, 6.07) is 3.44. The molecular formula is C20H20F2N2O4S. The number of furan rings is 1. The molecule has 6 nitrogen and oxygen atoms in total. The normalized spacial score (nSPS) is 15.2. The van der Waals surface area contributed by atoms with Crippen LogP contribution in [0.2, 0.25) is 0 Å². The number of ether oxygens (including phenoxy) is 2. The molecular weight excluding hydrogens is 402 g/mol. The van der Waals surface area contributed by atoms with Crippen LogP contribution in [0.3, 0.4) is 0 Å². The number of carbonyl (C=O) groups excluding carboxylic acids is 1. The topological polar surface area (TPSA) is 87.6 Å². The number of aryl methyl sites for hydroxylation is 2. The monoisotopic (exact) mass is 422 g/mol. The van der Waals surface area contributed by atoms with E-state index in [1.807, 2.05) is 6.92 Å². The van der Waals surface area contributed by atoms with E-state index in [4.69, 9.17) is 14.9 Å². The van der Waals surface area contributed by atoms with Crippen molar-refractivity contribution in [2.45, 2.75) is 45.3 Å². The van der Waals surface area contributed by atoms with Crippen molar-refractivity contribution < 1.29 is 27.5 Å². The van der Waals surface area contributed by atoms with E-state index < -0.39 is 17.9 Å². The number of fused-ring (bicyclic) bond motifs is 1. The van der Waals surface area contributed by atoms with Crippen LogP contribution in [0.5, 0.6) is 5.75 Å². The van der Waals surface area contributed by atoms with Gasteiger partial charge in [0.25, 0.3) is 5.91 Å². The Balaban J connectivity index is 1.82. The van der Waals surface area contributed by atoms with Crippen molar-refractivity contribution in [3.8, 4) is 5.75 Å².